The number of thioether (sulfide) groups is 1. The Morgan fingerprint density at radius 1 is 1.40 bits per heavy atom. The molecule has 0 saturated heterocycles. The average molecular weight is 361 g/mol. The minimum atomic E-state index is -0.328. The van der Waals surface area contributed by atoms with Crippen molar-refractivity contribution in [3.8, 4) is 0 Å². The predicted octanol–water partition coefficient (Wildman–Crippen LogP) is 4.37. The molecule has 0 amide bonds. The molecule has 0 unspecified atom stereocenters. The standard InChI is InChI=1S/C14H21BrN2O2S/c1-4-14(5-2,20-3)10-16-9-11-8-12(15)6-7-13(11)17(18)19/h6-8,16H,4-5,9-10H2,1-3H3. The van der Waals surface area contributed by atoms with Crippen molar-refractivity contribution in [3.63, 3.8) is 0 Å². The monoisotopic (exact) mass is 360 g/mol. The van der Waals surface area contributed by atoms with Gasteiger partial charge in [-0.15, -0.1) is 0 Å². The molecule has 1 aromatic rings. The van der Waals surface area contributed by atoms with Gasteiger partial charge in [0.05, 0.1) is 4.92 Å². The summed E-state index contributed by atoms with van der Waals surface area (Å²) in [6, 6.07) is 5.05. The Balaban J connectivity index is 2.75. The molecule has 1 N–H and O–H groups in total. The molecule has 0 aliphatic carbocycles. The van der Waals surface area contributed by atoms with Gasteiger partial charge in [-0.1, -0.05) is 29.8 Å². The minimum absolute atomic E-state index is 0.170. The van der Waals surface area contributed by atoms with Crippen LogP contribution in [0.4, 0.5) is 5.69 Å². The second kappa shape index (κ2) is 8.00. The summed E-state index contributed by atoms with van der Waals surface area (Å²) in [5.41, 5.74) is 0.884. The number of halogens is 1. The fourth-order valence-corrected chi connectivity index (χ4v) is 3.39. The van der Waals surface area contributed by atoms with Gasteiger partial charge in [0.25, 0.3) is 5.69 Å². The van der Waals surface area contributed by atoms with Crippen LogP contribution in [0.1, 0.15) is 32.3 Å². The molecule has 0 aliphatic rings. The van der Waals surface area contributed by atoms with Crippen molar-refractivity contribution in [2.75, 3.05) is 12.8 Å². The molecular weight excluding hydrogens is 340 g/mol. The number of hydrogen-bond acceptors (Lipinski definition) is 4. The predicted molar refractivity (Wildman–Crippen MR) is 89.3 cm³/mol. The molecule has 0 heterocycles. The third-order valence-corrected chi connectivity index (χ3v) is 5.80. The number of nitrogens with zero attached hydrogens (tertiary/aromatic N) is 1. The van der Waals surface area contributed by atoms with E-state index in [1.165, 1.54) is 0 Å². The van der Waals surface area contributed by atoms with Gasteiger partial charge in [0, 0.05) is 33.9 Å². The van der Waals surface area contributed by atoms with Crippen molar-refractivity contribution in [2.24, 2.45) is 0 Å². The molecular formula is C14H21BrN2O2S. The fourth-order valence-electron chi connectivity index (χ4n) is 2.16. The van der Waals surface area contributed by atoms with E-state index in [0.29, 0.717) is 12.1 Å². The quantitative estimate of drug-likeness (QED) is 0.552. The lowest BCUT2D eigenvalue weighted by molar-refractivity contribution is -0.385. The average Bonchev–Trinajstić information content (AvgIpc) is 2.44. The maximum absolute atomic E-state index is 11.0. The fraction of sp³-hybridized carbons (Fsp3) is 0.571. The molecule has 20 heavy (non-hydrogen) atoms. The van der Waals surface area contributed by atoms with Crippen molar-refractivity contribution in [1.82, 2.24) is 5.32 Å². The second-order valence-corrected chi connectivity index (χ2v) is 6.92. The Hall–Kier alpha value is -0.590. The van der Waals surface area contributed by atoms with E-state index in [-0.39, 0.29) is 15.4 Å². The van der Waals surface area contributed by atoms with E-state index in [2.05, 4.69) is 41.3 Å². The Bertz CT molecular complexity index is 456. The van der Waals surface area contributed by atoms with Gasteiger partial charge in [-0.3, -0.25) is 10.1 Å². The lowest BCUT2D eigenvalue weighted by atomic mass is 10.0. The van der Waals surface area contributed by atoms with Crippen molar-refractivity contribution >= 4 is 33.4 Å². The van der Waals surface area contributed by atoms with Crippen LogP contribution >= 0.6 is 27.7 Å². The summed E-state index contributed by atoms with van der Waals surface area (Å²) < 4.78 is 1.07. The normalized spacial score (nSPS) is 11.6. The Morgan fingerprint density at radius 2 is 2.05 bits per heavy atom. The van der Waals surface area contributed by atoms with Gasteiger partial charge >= 0.3 is 0 Å². The topological polar surface area (TPSA) is 55.2 Å². The lowest BCUT2D eigenvalue weighted by Gasteiger charge is -2.30. The molecule has 0 atom stereocenters. The van der Waals surface area contributed by atoms with Gasteiger partial charge in [0.15, 0.2) is 0 Å². The highest BCUT2D eigenvalue weighted by atomic mass is 79.9. The Labute approximate surface area is 133 Å². The highest BCUT2D eigenvalue weighted by molar-refractivity contribution is 9.10. The highest BCUT2D eigenvalue weighted by Crippen LogP contribution is 2.30. The number of hydrogen-bond donors (Lipinski definition) is 1. The molecule has 0 radical (unpaired) electrons. The second-order valence-electron chi connectivity index (χ2n) is 4.73. The van der Waals surface area contributed by atoms with E-state index in [1.54, 1.807) is 12.1 Å². The van der Waals surface area contributed by atoms with E-state index in [4.69, 9.17) is 0 Å². The number of nitrogens with one attached hydrogen (secondary N) is 1. The smallest absolute Gasteiger partial charge is 0.273 e. The van der Waals surface area contributed by atoms with Crippen LogP contribution in [-0.4, -0.2) is 22.5 Å². The van der Waals surface area contributed by atoms with E-state index in [9.17, 15) is 10.1 Å². The first-order valence-electron chi connectivity index (χ1n) is 6.66. The molecule has 112 valence electrons. The SMILES string of the molecule is CCC(CC)(CNCc1cc(Br)ccc1[N+](=O)[O-])SC. The maximum atomic E-state index is 11.0. The van der Waals surface area contributed by atoms with E-state index in [0.717, 1.165) is 23.9 Å². The van der Waals surface area contributed by atoms with Gasteiger partial charge in [-0.2, -0.15) is 11.8 Å². The number of rotatable bonds is 8. The van der Waals surface area contributed by atoms with Crippen molar-refractivity contribution < 1.29 is 4.92 Å². The van der Waals surface area contributed by atoms with Crippen LogP contribution in [0.25, 0.3) is 0 Å². The van der Waals surface area contributed by atoms with Crippen molar-refractivity contribution in [1.29, 1.82) is 0 Å². The molecule has 0 aromatic heterocycles. The largest absolute Gasteiger partial charge is 0.311 e. The zero-order valence-corrected chi connectivity index (χ0v) is 14.5. The van der Waals surface area contributed by atoms with Crippen LogP contribution in [0, 0.1) is 10.1 Å². The van der Waals surface area contributed by atoms with Crippen LogP contribution in [-0.2, 0) is 6.54 Å². The zero-order valence-electron chi connectivity index (χ0n) is 12.1. The molecule has 0 aliphatic heterocycles. The molecule has 0 spiro atoms. The molecule has 1 aromatic carbocycles. The molecule has 1 rings (SSSR count). The number of nitro groups is 1. The Kier molecular flexibility index (Phi) is 6.99. The first-order valence-corrected chi connectivity index (χ1v) is 8.68. The van der Waals surface area contributed by atoms with Crippen LogP contribution < -0.4 is 5.32 Å². The van der Waals surface area contributed by atoms with E-state index < -0.39 is 0 Å². The van der Waals surface area contributed by atoms with Crippen LogP contribution in [0.3, 0.4) is 0 Å². The first-order chi connectivity index (χ1) is 9.48. The molecule has 0 bridgehead atoms. The number of benzene rings is 1. The summed E-state index contributed by atoms with van der Waals surface area (Å²) in [5.74, 6) is 0. The van der Waals surface area contributed by atoms with Gasteiger partial charge in [-0.05, 0) is 31.2 Å². The van der Waals surface area contributed by atoms with E-state index in [1.807, 2.05) is 17.8 Å². The van der Waals surface area contributed by atoms with Crippen LogP contribution in [0.2, 0.25) is 0 Å². The maximum Gasteiger partial charge on any atom is 0.273 e. The third kappa shape index (κ3) is 4.46. The van der Waals surface area contributed by atoms with Gasteiger partial charge in [-0.25, -0.2) is 0 Å². The molecule has 6 heteroatoms. The zero-order chi connectivity index (χ0) is 15.2. The first kappa shape index (κ1) is 17.5. The number of nitro benzene ring substituents is 1. The van der Waals surface area contributed by atoms with Crippen LogP contribution in [0.5, 0.6) is 0 Å². The van der Waals surface area contributed by atoms with Crippen LogP contribution in [0.15, 0.2) is 22.7 Å². The lowest BCUT2D eigenvalue weighted by Crippen LogP contribution is -2.36. The summed E-state index contributed by atoms with van der Waals surface area (Å²) >= 11 is 5.22. The summed E-state index contributed by atoms with van der Waals surface area (Å²) in [4.78, 5) is 10.7. The Morgan fingerprint density at radius 3 is 2.55 bits per heavy atom. The van der Waals surface area contributed by atoms with Gasteiger partial charge < -0.3 is 5.32 Å². The summed E-state index contributed by atoms with van der Waals surface area (Å²) in [6.07, 6.45) is 4.28. The van der Waals surface area contributed by atoms with Gasteiger partial charge in [0.1, 0.15) is 0 Å². The molecule has 0 saturated carbocycles. The third-order valence-electron chi connectivity index (χ3n) is 3.72. The minimum Gasteiger partial charge on any atom is -0.311 e. The summed E-state index contributed by atoms with van der Waals surface area (Å²) in [5, 5.41) is 14.4. The van der Waals surface area contributed by atoms with Crippen molar-refractivity contribution in [2.45, 2.75) is 38.0 Å². The highest BCUT2D eigenvalue weighted by Gasteiger charge is 2.24. The summed E-state index contributed by atoms with van der Waals surface area (Å²) in [7, 11) is 0. The molecule has 4 nitrogen and oxygen atoms in total. The van der Waals surface area contributed by atoms with Gasteiger partial charge in [0.2, 0.25) is 0 Å². The van der Waals surface area contributed by atoms with Crippen molar-refractivity contribution in [3.05, 3.63) is 38.3 Å². The molecule has 0 fully saturated rings. The summed E-state index contributed by atoms with van der Waals surface area (Å²) in [6.45, 7) is 5.73. The van der Waals surface area contributed by atoms with E-state index >= 15 is 0 Å².